The first kappa shape index (κ1) is 14.1. The van der Waals surface area contributed by atoms with E-state index in [0.717, 1.165) is 22.5 Å². The summed E-state index contributed by atoms with van der Waals surface area (Å²) in [6, 6.07) is 14.8. The second-order valence-corrected chi connectivity index (χ2v) is 4.13. The molecule has 0 atom stereocenters. The van der Waals surface area contributed by atoms with Crippen LogP contribution >= 0.6 is 0 Å². The van der Waals surface area contributed by atoms with Crippen molar-refractivity contribution in [1.82, 2.24) is 0 Å². The van der Waals surface area contributed by atoms with Crippen LogP contribution in [0.5, 0.6) is 0 Å². The van der Waals surface area contributed by atoms with E-state index < -0.39 is 0 Å². The highest BCUT2D eigenvalue weighted by molar-refractivity contribution is 6.17. The monoisotopic (exact) mass is 268 g/mol. The predicted octanol–water partition coefficient (Wildman–Crippen LogP) is 2.78. The third-order valence-electron chi connectivity index (χ3n) is 2.82. The van der Waals surface area contributed by atoms with Gasteiger partial charge in [-0.2, -0.15) is 0 Å². The second-order valence-electron chi connectivity index (χ2n) is 4.13. The van der Waals surface area contributed by atoms with Gasteiger partial charge in [-0.3, -0.25) is 9.98 Å². The molecule has 0 saturated carbocycles. The van der Waals surface area contributed by atoms with Crippen LogP contribution in [0.15, 0.2) is 58.5 Å². The molecule has 0 amide bonds. The molecule has 0 bridgehead atoms. The van der Waals surface area contributed by atoms with Crippen LogP contribution in [0.2, 0.25) is 0 Å². The summed E-state index contributed by atoms with van der Waals surface area (Å²) in [5.74, 6) is 0. The molecule has 0 aliphatic heterocycles. The fourth-order valence-corrected chi connectivity index (χ4v) is 1.77. The fraction of sp³-hybridized carbons (Fsp3) is 0.125. The van der Waals surface area contributed by atoms with Crippen LogP contribution in [0.3, 0.4) is 0 Å². The first-order chi connectivity index (χ1) is 9.85. The lowest BCUT2D eigenvalue weighted by atomic mass is 10.2. The topological polar surface area (TPSA) is 65.2 Å². The summed E-state index contributed by atoms with van der Waals surface area (Å²) in [5, 5.41) is 18.4. The minimum Gasteiger partial charge on any atom is -0.392 e. The van der Waals surface area contributed by atoms with Crippen molar-refractivity contribution in [3.8, 4) is 0 Å². The largest absolute Gasteiger partial charge is 0.392 e. The Hall–Kier alpha value is -2.30. The smallest absolute Gasteiger partial charge is 0.0702 e. The number of para-hydroxylation sites is 2. The third kappa shape index (κ3) is 3.60. The molecule has 0 saturated heterocycles. The van der Waals surface area contributed by atoms with Gasteiger partial charge in [-0.25, -0.2) is 0 Å². The van der Waals surface area contributed by atoms with Crippen LogP contribution in [0.4, 0.5) is 11.4 Å². The molecule has 0 fully saturated rings. The number of benzene rings is 2. The normalized spacial score (nSPS) is 11.5. The molecule has 2 aromatic rings. The van der Waals surface area contributed by atoms with E-state index in [9.17, 15) is 10.2 Å². The van der Waals surface area contributed by atoms with E-state index in [2.05, 4.69) is 9.98 Å². The molecular formula is C16H16N2O2. The molecule has 0 aromatic heterocycles. The zero-order chi connectivity index (χ0) is 14.2. The SMILES string of the molecule is OCc1ccccc1N=CC=Nc1ccccc1CO. The van der Waals surface area contributed by atoms with E-state index in [1.807, 2.05) is 48.5 Å². The number of rotatable bonds is 5. The van der Waals surface area contributed by atoms with Crippen LogP contribution in [-0.2, 0) is 13.2 Å². The maximum atomic E-state index is 9.19. The Morgan fingerprint density at radius 2 is 1.10 bits per heavy atom. The number of hydrogen-bond donors (Lipinski definition) is 2. The molecule has 0 radical (unpaired) electrons. The number of aliphatic imine (C=N–C) groups is 2. The van der Waals surface area contributed by atoms with Crippen molar-refractivity contribution >= 4 is 23.8 Å². The molecule has 4 heteroatoms. The highest BCUT2D eigenvalue weighted by atomic mass is 16.3. The number of aliphatic hydroxyl groups excluding tert-OH is 2. The van der Waals surface area contributed by atoms with Crippen molar-refractivity contribution in [2.75, 3.05) is 0 Å². The first-order valence-corrected chi connectivity index (χ1v) is 6.29. The van der Waals surface area contributed by atoms with Gasteiger partial charge in [0.2, 0.25) is 0 Å². The molecule has 0 aliphatic rings. The Morgan fingerprint density at radius 3 is 1.50 bits per heavy atom. The summed E-state index contributed by atoms with van der Waals surface area (Å²) in [7, 11) is 0. The van der Waals surface area contributed by atoms with Crippen LogP contribution < -0.4 is 0 Å². The van der Waals surface area contributed by atoms with Crippen molar-refractivity contribution in [3.63, 3.8) is 0 Å². The summed E-state index contributed by atoms with van der Waals surface area (Å²) >= 11 is 0. The van der Waals surface area contributed by atoms with E-state index in [0.29, 0.717) is 0 Å². The molecule has 0 aliphatic carbocycles. The minimum atomic E-state index is -0.0436. The van der Waals surface area contributed by atoms with Crippen LogP contribution in [0.1, 0.15) is 11.1 Å². The fourth-order valence-electron chi connectivity index (χ4n) is 1.77. The number of nitrogens with zero attached hydrogens (tertiary/aromatic N) is 2. The Bertz CT molecular complexity index is 566. The van der Waals surface area contributed by atoms with Crippen molar-refractivity contribution in [3.05, 3.63) is 59.7 Å². The Balaban J connectivity index is 2.11. The van der Waals surface area contributed by atoms with Gasteiger partial charge in [0, 0.05) is 23.6 Å². The van der Waals surface area contributed by atoms with Gasteiger partial charge >= 0.3 is 0 Å². The summed E-state index contributed by atoms with van der Waals surface area (Å²) in [4.78, 5) is 8.50. The van der Waals surface area contributed by atoms with Crippen molar-refractivity contribution in [2.45, 2.75) is 13.2 Å². The molecular weight excluding hydrogens is 252 g/mol. The first-order valence-electron chi connectivity index (χ1n) is 6.29. The average Bonchev–Trinajstić information content (AvgIpc) is 2.52. The number of aliphatic hydroxyl groups is 2. The van der Waals surface area contributed by atoms with Gasteiger partial charge in [-0.15, -0.1) is 0 Å². The Labute approximate surface area is 117 Å². The molecule has 0 unspecified atom stereocenters. The van der Waals surface area contributed by atoms with E-state index in [1.165, 1.54) is 0 Å². The summed E-state index contributed by atoms with van der Waals surface area (Å²) in [6.45, 7) is -0.0873. The third-order valence-corrected chi connectivity index (χ3v) is 2.82. The van der Waals surface area contributed by atoms with Crippen LogP contribution in [0, 0.1) is 0 Å². The number of hydrogen-bond acceptors (Lipinski definition) is 4. The molecule has 2 N–H and O–H groups in total. The Kier molecular flexibility index (Phi) is 5.17. The molecule has 102 valence electrons. The van der Waals surface area contributed by atoms with Crippen molar-refractivity contribution < 1.29 is 10.2 Å². The lowest BCUT2D eigenvalue weighted by Gasteiger charge is -2.00. The van der Waals surface area contributed by atoms with Crippen molar-refractivity contribution in [2.24, 2.45) is 9.98 Å². The minimum absolute atomic E-state index is 0.0436. The van der Waals surface area contributed by atoms with Gasteiger partial charge in [0.15, 0.2) is 0 Å². The molecule has 4 nitrogen and oxygen atoms in total. The highest BCUT2D eigenvalue weighted by Crippen LogP contribution is 2.19. The van der Waals surface area contributed by atoms with Crippen molar-refractivity contribution in [1.29, 1.82) is 0 Å². The zero-order valence-corrected chi connectivity index (χ0v) is 11.0. The standard InChI is InChI=1S/C16H16N2O2/c19-11-13-5-1-3-7-15(13)17-9-10-18-16-8-4-2-6-14(16)12-20/h1-10,19-20H,11-12H2. The van der Waals surface area contributed by atoms with E-state index >= 15 is 0 Å². The lowest BCUT2D eigenvalue weighted by Crippen LogP contribution is -1.85. The average molecular weight is 268 g/mol. The highest BCUT2D eigenvalue weighted by Gasteiger charge is 1.97. The van der Waals surface area contributed by atoms with E-state index in [1.54, 1.807) is 12.4 Å². The molecule has 2 aromatic carbocycles. The summed E-state index contributed by atoms with van der Waals surface area (Å²) < 4.78 is 0. The molecule has 20 heavy (non-hydrogen) atoms. The van der Waals surface area contributed by atoms with E-state index in [-0.39, 0.29) is 13.2 Å². The van der Waals surface area contributed by atoms with Gasteiger partial charge in [-0.1, -0.05) is 36.4 Å². The summed E-state index contributed by atoms with van der Waals surface area (Å²) in [5.41, 5.74) is 2.98. The lowest BCUT2D eigenvalue weighted by molar-refractivity contribution is 0.282. The second kappa shape index (κ2) is 7.33. The molecule has 0 spiro atoms. The maximum absolute atomic E-state index is 9.19. The van der Waals surface area contributed by atoms with Gasteiger partial charge in [0.05, 0.1) is 24.6 Å². The molecule has 0 heterocycles. The van der Waals surface area contributed by atoms with Gasteiger partial charge < -0.3 is 10.2 Å². The Morgan fingerprint density at radius 1 is 0.700 bits per heavy atom. The van der Waals surface area contributed by atoms with Gasteiger partial charge in [0.1, 0.15) is 0 Å². The maximum Gasteiger partial charge on any atom is 0.0702 e. The molecule has 2 rings (SSSR count). The van der Waals surface area contributed by atoms with Crippen LogP contribution in [-0.4, -0.2) is 22.6 Å². The zero-order valence-electron chi connectivity index (χ0n) is 11.0. The quantitative estimate of drug-likeness (QED) is 0.819. The van der Waals surface area contributed by atoms with E-state index in [4.69, 9.17) is 0 Å². The predicted molar refractivity (Wildman–Crippen MR) is 81.0 cm³/mol. The van der Waals surface area contributed by atoms with Gasteiger partial charge in [-0.05, 0) is 12.1 Å². The summed E-state index contributed by atoms with van der Waals surface area (Å²) in [6.07, 6.45) is 3.14. The van der Waals surface area contributed by atoms with Gasteiger partial charge in [0.25, 0.3) is 0 Å². The van der Waals surface area contributed by atoms with Crippen LogP contribution in [0.25, 0.3) is 0 Å².